The van der Waals surface area contributed by atoms with Crippen molar-refractivity contribution in [2.45, 2.75) is 9.24 Å². The van der Waals surface area contributed by atoms with E-state index in [9.17, 15) is 14.7 Å². The van der Waals surface area contributed by atoms with E-state index in [1.807, 2.05) is 48.5 Å². The molecule has 1 amide bonds. The van der Waals surface area contributed by atoms with Crippen molar-refractivity contribution in [2.75, 3.05) is 32.1 Å². The average molecular weight is 442 g/mol. The van der Waals surface area contributed by atoms with Crippen molar-refractivity contribution >= 4 is 50.9 Å². The summed E-state index contributed by atoms with van der Waals surface area (Å²) in [5.41, 5.74) is 2.05. The SMILES string of the molecule is COC(=O)C1=C(Nc2ccccc2Sc2nc3ccccc3s2)C(=O)N(CCO)C1. The molecule has 0 bridgehead atoms. The van der Waals surface area contributed by atoms with Crippen molar-refractivity contribution in [1.29, 1.82) is 0 Å². The summed E-state index contributed by atoms with van der Waals surface area (Å²) in [7, 11) is 1.28. The Hall–Kier alpha value is -2.88. The molecule has 30 heavy (non-hydrogen) atoms. The van der Waals surface area contributed by atoms with E-state index in [-0.39, 0.29) is 36.9 Å². The van der Waals surface area contributed by atoms with Crippen LogP contribution in [-0.4, -0.2) is 53.7 Å². The first-order valence-electron chi connectivity index (χ1n) is 9.21. The molecule has 2 heterocycles. The number of methoxy groups -OCH3 is 1. The van der Waals surface area contributed by atoms with Gasteiger partial charge in [0.25, 0.3) is 5.91 Å². The number of carbonyl (C=O) groups excluding carboxylic acids is 2. The highest BCUT2D eigenvalue weighted by Crippen LogP contribution is 2.38. The van der Waals surface area contributed by atoms with Crippen LogP contribution in [0.15, 0.2) is 69.0 Å². The van der Waals surface area contributed by atoms with Crippen LogP contribution in [0.25, 0.3) is 10.2 Å². The number of benzene rings is 2. The molecule has 0 saturated carbocycles. The standard InChI is InChI=1S/C21H19N3O4S2/c1-28-20(27)13-12-24(10-11-25)19(26)18(13)22-14-6-2-4-8-16(14)29-21-23-15-7-3-5-9-17(15)30-21/h2-9,22,25H,10-12H2,1H3. The van der Waals surface area contributed by atoms with E-state index in [1.54, 1.807) is 11.3 Å². The zero-order chi connectivity index (χ0) is 21.1. The molecule has 0 aliphatic carbocycles. The number of β-amino-alcohol motifs (C(OH)–C–C–N with tert-alkyl or cyclic N) is 1. The van der Waals surface area contributed by atoms with Gasteiger partial charge >= 0.3 is 5.97 Å². The predicted molar refractivity (Wildman–Crippen MR) is 117 cm³/mol. The van der Waals surface area contributed by atoms with Gasteiger partial charge in [-0.25, -0.2) is 9.78 Å². The van der Waals surface area contributed by atoms with Crippen LogP contribution < -0.4 is 5.32 Å². The summed E-state index contributed by atoms with van der Waals surface area (Å²) >= 11 is 3.09. The fourth-order valence-electron chi connectivity index (χ4n) is 3.13. The molecule has 0 spiro atoms. The fraction of sp³-hybridized carbons (Fsp3) is 0.190. The summed E-state index contributed by atoms with van der Waals surface area (Å²) in [6.45, 7) is 0.0612. The maximum atomic E-state index is 12.8. The number of thiazole rings is 1. The highest BCUT2D eigenvalue weighted by atomic mass is 32.2. The number of carbonyl (C=O) groups is 2. The Morgan fingerprint density at radius 1 is 1.27 bits per heavy atom. The molecule has 0 unspecified atom stereocenters. The summed E-state index contributed by atoms with van der Waals surface area (Å²) in [5.74, 6) is -0.910. The Morgan fingerprint density at radius 2 is 2.03 bits per heavy atom. The molecular formula is C21H19N3O4S2. The van der Waals surface area contributed by atoms with Gasteiger partial charge in [-0.1, -0.05) is 36.0 Å². The molecule has 2 aromatic carbocycles. The van der Waals surface area contributed by atoms with Crippen molar-refractivity contribution in [3.05, 3.63) is 59.8 Å². The van der Waals surface area contributed by atoms with Gasteiger partial charge in [0.2, 0.25) is 0 Å². The van der Waals surface area contributed by atoms with Gasteiger partial charge in [-0.2, -0.15) is 0 Å². The number of esters is 1. The summed E-state index contributed by atoms with van der Waals surface area (Å²) in [5, 5.41) is 12.3. The summed E-state index contributed by atoms with van der Waals surface area (Å²) in [6.07, 6.45) is 0. The molecule has 1 aromatic heterocycles. The van der Waals surface area contributed by atoms with Gasteiger partial charge in [-0.05, 0) is 24.3 Å². The van der Waals surface area contributed by atoms with E-state index in [1.165, 1.54) is 23.8 Å². The summed E-state index contributed by atoms with van der Waals surface area (Å²) < 4.78 is 6.83. The molecule has 3 aromatic rings. The zero-order valence-electron chi connectivity index (χ0n) is 16.1. The van der Waals surface area contributed by atoms with E-state index in [0.717, 1.165) is 19.5 Å². The lowest BCUT2D eigenvalue weighted by Crippen LogP contribution is -2.31. The molecule has 0 saturated heterocycles. The maximum absolute atomic E-state index is 12.8. The lowest BCUT2D eigenvalue weighted by Gasteiger charge is -2.15. The second-order valence-electron chi connectivity index (χ2n) is 6.47. The highest BCUT2D eigenvalue weighted by Gasteiger charge is 2.34. The molecule has 7 nitrogen and oxygen atoms in total. The minimum Gasteiger partial charge on any atom is -0.466 e. The smallest absolute Gasteiger partial charge is 0.337 e. The van der Waals surface area contributed by atoms with Gasteiger partial charge in [0.15, 0.2) is 4.34 Å². The predicted octanol–water partition coefficient (Wildman–Crippen LogP) is 3.12. The number of fused-ring (bicyclic) bond motifs is 1. The molecule has 0 radical (unpaired) electrons. The van der Waals surface area contributed by atoms with Gasteiger partial charge in [-0.15, -0.1) is 11.3 Å². The molecule has 4 rings (SSSR count). The quantitative estimate of drug-likeness (QED) is 0.544. The second-order valence-corrected chi connectivity index (χ2v) is 8.79. The molecule has 0 atom stereocenters. The Balaban J connectivity index is 1.64. The summed E-state index contributed by atoms with van der Waals surface area (Å²) in [6, 6.07) is 15.5. The number of para-hydroxylation sites is 2. The van der Waals surface area contributed by atoms with Crippen LogP contribution in [0, 0.1) is 0 Å². The van der Waals surface area contributed by atoms with Crippen molar-refractivity contribution in [1.82, 2.24) is 9.88 Å². The highest BCUT2D eigenvalue weighted by molar-refractivity contribution is 8.01. The van der Waals surface area contributed by atoms with Gasteiger partial charge < -0.3 is 20.1 Å². The second kappa shape index (κ2) is 8.86. The third-order valence-electron chi connectivity index (χ3n) is 4.57. The molecular weight excluding hydrogens is 422 g/mol. The van der Waals surface area contributed by atoms with Crippen LogP contribution >= 0.6 is 23.1 Å². The normalized spacial score (nSPS) is 13.9. The number of rotatable bonds is 7. The van der Waals surface area contributed by atoms with Crippen LogP contribution in [0.5, 0.6) is 0 Å². The number of ether oxygens (including phenoxy) is 1. The molecule has 1 aliphatic rings. The van der Waals surface area contributed by atoms with Crippen molar-refractivity contribution < 1.29 is 19.4 Å². The van der Waals surface area contributed by atoms with E-state index in [0.29, 0.717) is 5.69 Å². The molecule has 1 aliphatic heterocycles. The lowest BCUT2D eigenvalue weighted by atomic mass is 10.2. The van der Waals surface area contributed by atoms with Gasteiger partial charge in [0.05, 0.1) is 41.7 Å². The van der Waals surface area contributed by atoms with E-state index < -0.39 is 5.97 Å². The molecule has 154 valence electrons. The lowest BCUT2D eigenvalue weighted by molar-refractivity contribution is -0.136. The Morgan fingerprint density at radius 3 is 2.80 bits per heavy atom. The van der Waals surface area contributed by atoms with Crippen molar-refractivity contribution in [3.63, 3.8) is 0 Å². The van der Waals surface area contributed by atoms with E-state index in [4.69, 9.17) is 4.74 Å². The minimum absolute atomic E-state index is 0.0988. The van der Waals surface area contributed by atoms with Crippen LogP contribution in [0.3, 0.4) is 0 Å². The third-order valence-corrected chi connectivity index (χ3v) is 6.74. The monoisotopic (exact) mass is 441 g/mol. The first kappa shape index (κ1) is 20.4. The maximum Gasteiger partial charge on any atom is 0.337 e. The number of nitrogens with zero attached hydrogens (tertiary/aromatic N) is 2. The first-order valence-corrected chi connectivity index (χ1v) is 10.8. The average Bonchev–Trinajstić information content (AvgIpc) is 3.30. The van der Waals surface area contributed by atoms with E-state index >= 15 is 0 Å². The number of aliphatic hydroxyl groups excluding tert-OH is 1. The van der Waals surface area contributed by atoms with E-state index in [2.05, 4.69) is 10.3 Å². The number of aliphatic hydroxyl groups is 1. The largest absolute Gasteiger partial charge is 0.466 e. The fourth-order valence-corrected chi connectivity index (χ4v) is 5.24. The number of nitrogens with one attached hydrogen (secondary N) is 1. The first-order chi connectivity index (χ1) is 14.6. The molecule has 0 fully saturated rings. The molecule has 2 N–H and O–H groups in total. The van der Waals surface area contributed by atoms with Crippen molar-refractivity contribution in [3.8, 4) is 0 Å². The van der Waals surface area contributed by atoms with Gasteiger partial charge in [0, 0.05) is 11.4 Å². The number of amides is 1. The topological polar surface area (TPSA) is 91.8 Å². The van der Waals surface area contributed by atoms with Crippen LogP contribution in [-0.2, 0) is 14.3 Å². The number of hydrogen-bond acceptors (Lipinski definition) is 8. The minimum atomic E-state index is -0.567. The van der Waals surface area contributed by atoms with Crippen molar-refractivity contribution in [2.24, 2.45) is 0 Å². The van der Waals surface area contributed by atoms with Crippen LogP contribution in [0.4, 0.5) is 5.69 Å². The molecule has 9 heteroatoms. The number of aromatic nitrogens is 1. The van der Waals surface area contributed by atoms with Crippen LogP contribution in [0.2, 0.25) is 0 Å². The Kier molecular flexibility index (Phi) is 6.03. The number of anilines is 1. The van der Waals surface area contributed by atoms with Gasteiger partial charge in [0.1, 0.15) is 5.70 Å². The van der Waals surface area contributed by atoms with Crippen LogP contribution in [0.1, 0.15) is 0 Å². The zero-order valence-corrected chi connectivity index (χ0v) is 17.8. The third kappa shape index (κ3) is 4.04. The Labute approximate surface area is 181 Å². The van der Waals surface area contributed by atoms with Gasteiger partial charge in [-0.3, -0.25) is 4.79 Å². The Bertz CT molecular complexity index is 1110. The summed E-state index contributed by atoms with van der Waals surface area (Å²) in [4.78, 5) is 31.9. The number of hydrogen-bond donors (Lipinski definition) is 2.